The average molecular weight is 494 g/mol. The molecule has 0 fully saturated rings. The van der Waals surface area contributed by atoms with Gasteiger partial charge < -0.3 is 5.32 Å². The predicted molar refractivity (Wildman–Crippen MR) is 131 cm³/mol. The highest BCUT2D eigenvalue weighted by Crippen LogP contribution is 2.36. The fourth-order valence-electron chi connectivity index (χ4n) is 3.71. The second kappa shape index (κ2) is 9.36. The van der Waals surface area contributed by atoms with E-state index in [9.17, 15) is 9.59 Å². The van der Waals surface area contributed by atoms with Crippen LogP contribution in [0.4, 0.5) is 5.69 Å². The lowest BCUT2D eigenvalue weighted by atomic mass is 9.89. The first-order valence-electron chi connectivity index (χ1n) is 9.91. The number of thiophene rings is 1. The SMILES string of the molecule is C=CCn1c(SCC(=O)Nc2ccc(Cl)cc2Cl)nc2sc3c(c2c1=O)CCC(C)C3. The topological polar surface area (TPSA) is 64.0 Å². The monoisotopic (exact) mass is 493 g/mol. The molecule has 2 heterocycles. The number of carbonyl (C=O) groups is 1. The molecule has 0 spiro atoms. The van der Waals surface area contributed by atoms with Crippen molar-refractivity contribution in [1.82, 2.24) is 9.55 Å². The highest BCUT2D eigenvalue weighted by Gasteiger charge is 2.24. The third-order valence-electron chi connectivity index (χ3n) is 5.23. The van der Waals surface area contributed by atoms with E-state index in [0.717, 1.165) is 35.0 Å². The maximum absolute atomic E-state index is 13.3. The van der Waals surface area contributed by atoms with E-state index in [0.29, 0.717) is 33.4 Å². The highest BCUT2D eigenvalue weighted by atomic mass is 35.5. The molecule has 1 aliphatic carbocycles. The molecule has 0 saturated heterocycles. The van der Waals surface area contributed by atoms with Crippen molar-refractivity contribution in [3.63, 3.8) is 0 Å². The lowest BCUT2D eigenvalue weighted by molar-refractivity contribution is -0.113. The maximum Gasteiger partial charge on any atom is 0.263 e. The van der Waals surface area contributed by atoms with Crippen molar-refractivity contribution in [2.75, 3.05) is 11.1 Å². The van der Waals surface area contributed by atoms with Crippen molar-refractivity contribution in [2.24, 2.45) is 5.92 Å². The predicted octanol–water partition coefficient (Wildman–Crippen LogP) is 5.81. The van der Waals surface area contributed by atoms with Gasteiger partial charge in [0.2, 0.25) is 5.91 Å². The number of nitrogens with one attached hydrogen (secondary N) is 1. The number of benzene rings is 1. The first-order valence-corrected chi connectivity index (χ1v) is 12.5. The van der Waals surface area contributed by atoms with Gasteiger partial charge >= 0.3 is 0 Å². The Morgan fingerprint density at radius 1 is 1.45 bits per heavy atom. The smallest absolute Gasteiger partial charge is 0.263 e. The second-order valence-corrected chi connectivity index (χ2v) is 10.5. The summed E-state index contributed by atoms with van der Waals surface area (Å²) >= 11 is 14.9. The summed E-state index contributed by atoms with van der Waals surface area (Å²) in [5, 5.41) is 4.88. The van der Waals surface area contributed by atoms with Crippen LogP contribution >= 0.6 is 46.3 Å². The zero-order chi connectivity index (χ0) is 22.1. The van der Waals surface area contributed by atoms with Gasteiger partial charge in [0.1, 0.15) is 4.83 Å². The Balaban J connectivity index is 1.60. The number of carbonyl (C=O) groups excluding carboxylic acids is 1. The molecular weight excluding hydrogens is 473 g/mol. The molecule has 1 atom stereocenters. The van der Waals surface area contributed by atoms with Crippen LogP contribution in [-0.4, -0.2) is 21.2 Å². The number of halogens is 2. The van der Waals surface area contributed by atoms with Gasteiger partial charge in [0.25, 0.3) is 5.56 Å². The summed E-state index contributed by atoms with van der Waals surface area (Å²) in [6.45, 7) is 6.35. The molecule has 3 aromatic rings. The van der Waals surface area contributed by atoms with Crippen molar-refractivity contribution in [3.8, 4) is 0 Å². The van der Waals surface area contributed by atoms with Crippen LogP contribution in [0.25, 0.3) is 10.2 Å². The Kier molecular flexibility index (Phi) is 6.77. The van der Waals surface area contributed by atoms with Gasteiger partial charge in [0.15, 0.2) is 5.16 Å². The van der Waals surface area contributed by atoms with Gasteiger partial charge in [-0.1, -0.05) is 48.0 Å². The number of hydrogen-bond acceptors (Lipinski definition) is 5. The summed E-state index contributed by atoms with van der Waals surface area (Å²) in [6, 6.07) is 4.89. The number of nitrogens with zero attached hydrogens (tertiary/aromatic N) is 2. The molecule has 0 saturated carbocycles. The molecule has 1 N–H and O–H groups in total. The number of anilines is 1. The number of thioether (sulfide) groups is 1. The maximum atomic E-state index is 13.3. The standard InChI is InChI=1S/C22H21Cl2N3O2S2/c1-3-8-27-21(29)19-14-6-4-12(2)9-17(14)31-20(19)26-22(27)30-11-18(28)25-16-7-5-13(23)10-15(16)24/h3,5,7,10,12H,1,4,6,8-9,11H2,2H3,(H,25,28). The Morgan fingerprint density at radius 2 is 2.26 bits per heavy atom. The van der Waals surface area contributed by atoms with Crippen molar-refractivity contribution in [2.45, 2.75) is 37.9 Å². The van der Waals surface area contributed by atoms with Gasteiger partial charge in [-0.25, -0.2) is 4.98 Å². The van der Waals surface area contributed by atoms with E-state index in [1.54, 1.807) is 40.2 Å². The van der Waals surface area contributed by atoms with Crippen LogP contribution < -0.4 is 10.9 Å². The fraction of sp³-hybridized carbons (Fsp3) is 0.318. The zero-order valence-corrected chi connectivity index (χ0v) is 20.1. The third-order valence-corrected chi connectivity index (χ3v) is 7.90. The number of aryl methyl sites for hydroxylation is 1. The zero-order valence-electron chi connectivity index (χ0n) is 16.9. The molecule has 0 radical (unpaired) electrons. The van der Waals surface area contributed by atoms with E-state index in [4.69, 9.17) is 28.2 Å². The lowest BCUT2D eigenvalue weighted by Crippen LogP contribution is -2.24. The summed E-state index contributed by atoms with van der Waals surface area (Å²) in [5.74, 6) is 0.470. The Morgan fingerprint density at radius 3 is 3.00 bits per heavy atom. The van der Waals surface area contributed by atoms with Gasteiger partial charge in [-0.05, 0) is 48.9 Å². The van der Waals surface area contributed by atoms with Crippen LogP contribution in [0.2, 0.25) is 10.0 Å². The van der Waals surface area contributed by atoms with Crippen LogP contribution in [0.5, 0.6) is 0 Å². The molecular formula is C22H21Cl2N3O2S2. The third kappa shape index (κ3) is 4.70. The van der Waals surface area contributed by atoms with Crippen LogP contribution in [0.3, 0.4) is 0 Å². The molecule has 1 aromatic carbocycles. The largest absolute Gasteiger partial charge is 0.324 e. The van der Waals surface area contributed by atoms with Crippen molar-refractivity contribution in [3.05, 3.63) is 61.7 Å². The van der Waals surface area contributed by atoms with Gasteiger partial charge in [-0.3, -0.25) is 14.2 Å². The van der Waals surface area contributed by atoms with Crippen LogP contribution in [0, 0.1) is 5.92 Å². The first-order chi connectivity index (χ1) is 14.9. The molecule has 1 amide bonds. The number of hydrogen-bond donors (Lipinski definition) is 1. The number of rotatable bonds is 6. The van der Waals surface area contributed by atoms with E-state index in [2.05, 4.69) is 18.8 Å². The molecule has 5 nitrogen and oxygen atoms in total. The van der Waals surface area contributed by atoms with Crippen molar-refractivity contribution in [1.29, 1.82) is 0 Å². The van der Waals surface area contributed by atoms with Gasteiger partial charge in [-0.15, -0.1) is 17.9 Å². The number of amides is 1. The van der Waals surface area contributed by atoms with E-state index in [1.165, 1.54) is 16.6 Å². The average Bonchev–Trinajstić information content (AvgIpc) is 3.08. The summed E-state index contributed by atoms with van der Waals surface area (Å²) in [5.41, 5.74) is 1.59. The molecule has 0 aliphatic heterocycles. The molecule has 0 bridgehead atoms. The molecule has 31 heavy (non-hydrogen) atoms. The first kappa shape index (κ1) is 22.4. The lowest BCUT2D eigenvalue weighted by Gasteiger charge is -2.17. The summed E-state index contributed by atoms with van der Waals surface area (Å²) < 4.78 is 1.60. The number of aromatic nitrogens is 2. The minimum Gasteiger partial charge on any atom is -0.324 e. The number of fused-ring (bicyclic) bond motifs is 3. The Bertz CT molecular complexity index is 1240. The minimum atomic E-state index is -0.243. The molecule has 4 rings (SSSR count). The Labute approximate surface area is 198 Å². The summed E-state index contributed by atoms with van der Waals surface area (Å²) in [7, 11) is 0. The van der Waals surface area contributed by atoms with Crippen molar-refractivity contribution < 1.29 is 4.79 Å². The summed E-state index contributed by atoms with van der Waals surface area (Å²) in [4.78, 5) is 32.6. The van der Waals surface area contributed by atoms with E-state index < -0.39 is 0 Å². The Hall–Kier alpha value is -1.80. The highest BCUT2D eigenvalue weighted by molar-refractivity contribution is 7.99. The second-order valence-electron chi connectivity index (χ2n) is 7.59. The van der Waals surface area contributed by atoms with Gasteiger partial charge in [-0.2, -0.15) is 0 Å². The molecule has 162 valence electrons. The van der Waals surface area contributed by atoms with Crippen molar-refractivity contribution >= 4 is 68.1 Å². The molecule has 9 heteroatoms. The molecule has 1 unspecified atom stereocenters. The van der Waals surface area contributed by atoms with E-state index in [-0.39, 0.29) is 17.2 Å². The van der Waals surface area contributed by atoms with E-state index >= 15 is 0 Å². The summed E-state index contributed by atoms with van der Waals surface area (Å²) in [6.07, 6.45) is 4.67. The fourth-order valence-corrected chi connectivity index (χ4v) is 6.40. The number of allylic oxidation sites excluding steroid dienone is 1. The normalized spacial score (nSPS) is 15.6. The van der Waals surface area contributed by atoms with Gasteiger partial charge in [0.05, 0.1) is 21.8 Å². The minimum absolute atomic E-state index is 0.0550. The van der Waals surface area contributed by atoms with Gasteiger partial charge in [0, 0.05) is 16.4 Å². The van der Waals surface area contributed by atoms with E-state index in [1.807, 2.05) is 0 Å². The quantitative estimate of drug-likeness (QED) is 0.267. The van der Waals surface area contributed by atoms with Crippen LogP contribution in [0.15, 0.2) is 40.8 Å². The van der Waals surface area contributed by atoms with Crippen LogP contribution in [0.1, 0.15) is 23.8 Å². The molecule has 1 aliphatic rings. The molecule has 2 aromatic heterocycles. The van der Waals surface area contributed by atoms with Crippen LogP contribution in [-0.2, 0) is 24.2 Å².